The van der Waals surface area contributed by atoms with Crippen LogP contribution < -0.4 is 10.6 Å². The Morgan fingerprint density at radius 3 is 2.83 bits per heavy atom. The van der Waals surface area contributed by atoms with Crippen molar-refractivity contribution in [1.29, 1.82) is 0 Å². The van der Waals surface area contributed by atoms with Crippen LogP contribution in [0.15, 0.2) is 24.3 Å². The molecule has 2 unspecified atom stereocenters. The van der Waals surface area contributed by atoms with Gasteiger partial charge < -0.3 is 10.6 Å². The molecule has 6 heteroatoms. The average Bonchev–Trinajstić information content (AvgIpc) is 3.36. The van der Waals surface area contributed by atoms with Gasteiger partial charge in [-0.05, 0) is 38.0 Å². The first-order valence-electron chi connectivity index (χ1n) is 8.59. The van der Waals surface area contributed by atoms with Crippen LogP contribution in [0.4, 0.5) is 5.69 Å². The highest BCUT2D eigenvalue weighted by Crippen LogP contribution is 2.24. The summed E-state index contributed by atoms with van der Waals surface area (Å²) < 4.78 is 0. The van der Waals surface area contributed by atoms with E-state index in [0.29, 0.717) is 35.1 Å². The molecule has 130 valence electrons. The molecule has 1 aliphatic carbocycles. The molecule has 24 heavy (non-hydrogen) atoms. The van der Waals surface area contributed by atoms with E-state index in [4.69, 9.17) is 0 Å². The third-order valence-electron chi connectivity index (χ3n) is 4.68. The van der Waals surface area contributed by atoms with Crippen molar-refractivity contribution in [2.24, 2.45) is 0 Å². The molecule has 0 spiro atoms. The highest BCUT2D eigenvalue weighted by Gasteiger charge is 2.27. The lowest BCUT2D eigenvalue weighted by Crippen LogP contribution is -2.47. The van der Waals surface area contributed by atoms with Crippen LogP contribution in [-0.4, -0.2) is 52.9 Å². The molecule has 1 heterocycles. The molecule has 2 amide bonds. The number of amides is 2. The number of hydrogen-bond donors (Lipinski definition) is 2. The summed E-state index contributed by atoms with van der Waals surface area (Å²) in [5.74, 6) is 0.972. The van der Waals surface area contributed by atoms with Gasteiger partial charge in [0.2, 0.25) is 5.91 Å². The van der Waals surface area contributed by atoms with Gasteiger partial charge in [-0.2, -0.15) is 11.8 Å². The molecule has 1 saturated carbocycles. The minimum atomic E-state index is -0.0656. The first kappa shape index (κ1) is 17.3. The lowest BCUT2D eigenvalue weighted by Gasteiger charge is -2.36. The fraction of sp³-hybridized carbons (Fsp3) is 0.556. The molecule has 2 fully saturated rings. The van der Waals surface area contributed by atoms with Crippen LogP contribution in [0.2, 0.25) is 0 Å². The van der Waals surface area contributed by atoms with Crippen molar-refractivity contribution >= 4 is 29.3 Å². The van der Waals surface area contributed by atoms with Gasteiger partial charge >= 0.3 is 0 Å². The maximum Gasteiger partial charge on any atom is 0.251 e. The van der Waals surface area contributed by atoms with Crippen molar-refractivity contribution in [1.82, 2.24) is 10.2 Å². The Hall–Kier alpha value is -1.53. The SMILES string of the molecule is CC1SCCN(CC(=O)Nc2cccc(C(=O)NC3CC3)c2)C1C. The first-order valence-corrected chi connectivity index (χ1v) is 9.64. The molecule has 5 nitrogen and oxygen atoms in total. The van der Waals surface area contributed by atoms with Gasteiger partial charge in [0.15, 0.2) is 0 Å². The minimum absolute atomic E-state index is 0.0271. The number of hydrogen-bond acceptors (Lipinski definition) is 4. The van der Waals surface area contributed by atoms with Crippen molar-refractivity contribution in [2.75, 3.05) is 24.2 Å². The van der Waals surface area contributed by atoms with Crippen molar-refractivity contribution in [3.63, 3.8) is 0 Å². The number of benzene rings is 1. The molecule has 0 bridgehead atoms. The molecule has 1 aromatic rings. The second-order valence-corrected chi connectivity index (χ2v) is 8.15. The van der Waals surface area contributed by atoms with E-state index in [1.807, 2.05) is 17.8 Å². The highest BCUT2D eigenvalue weighted by molar-refractivity contribution is 8.00. The number of carbonyl (C=O) groups is 2. The fourth-order valence-electron chi connectivity index (χ4n) is 2.84. The third kappa shape index (κ3) is 4.51. The minimum Gasteiger partial charge on any atom is -0.349 e. The van der Waals surface area contributed by atoms with E-state index in [-0.39, 0.29) is 11.8 Å². The van der Waals surface area contributed by atoms with Gasteiger partial charge in [-0.15, -0.1) is 0 Å². The summed E-state index contributed by atoms with van der Waals surface area (Å²) in [5.41, 5.74) is 1.27. The van der Waals surface area contributed by atoms with Crippen LogP contribution in [0.1, 0.15) is 37.0 Å². The normalized spacial score (nSPS) is 24.4. The largest absolute Gasteiger partial charge is 0.349 e. The predicted molar refractivity (Wildman–Crippen MR) is 98.5 cm³/mol. The van der Waals surface area contributed by atoms with Gasteiger partial charge in [-0.1, -0.05) is 13.0 Å². The Morgan fingerprint density at radius 2 is 2.08 bits per heavy atom. The summed E-state index contributed by atoms with van der Waals surface area (Å²) in [6.07, 6.45) is 2.12. The summed E-state index contributed by atoms with van der Waals surface area (Å²) in [5, 5.41) is 6.43. The number of thioether (sulfide) groups is 1. The van der Waals surface area contributed by atoms with Gasteiger partial charge in [-0.25, -0.2) is 0 Å². The summed E-state index contributed by atoms with van der Waals surface area (Å²) >= 11 is 1.96. The quantitative estimate of drug-likeness (QED) is 0.858. The zero-order chi connectivity index (χ0) is 17.1. The Labute approximate surface area is 147 Å². The molecule has 1 aromatic carbocycles. The summed E-state index contributed by atoms with van der Waals surface area (Å²) in [7, 11) is 0. The number of rotatable bonds is 5. The highest BCUT2D eigenvalue weighted by atomic mass is 32.2. The molecular weight excluding hydrogens is 322 g/mol. The maximum atomic E-state index is 12.3. The lowest BCUT2D eigenvalue weighted by atomic mass is 10.2. The average molecular weight is 347 g/mol. The molecular formula is C18H25N3O2S. The van der Waals surface area contributed by atoms with Crippen molar-refractivity contribution in [3.8, 4) is 0 Å². The Bertz CT molecular complexity index is 618. The summed E-state index contributed by atoms with van der Waals surface area (Å²) in [6.45, 7) is 5.71. The molecule has 1 saturated heterocycles. The van der Waals surface area contributed by atoms with Crippen LogP contribution in [0.25, 0.3) is 0 Å². The fourth-order valence-corrected chi connectivity index (χ4v) is 4.00. The van der Waals surface area contributed by atoms with E-state index in [1.54, 1.807) is 18.2 Å². The summed E-state index contributed by atoms with van der Waals surface area (Å²) in [4.78, 5) is 26.7. The van der Waals surface area contributed by atoms with E-state index in [0.717, 1.165) is 25.1 Å². The topological polar surface area (TPSA) is 61.4 Å². The molecule has 1 aliphatic heterocycles. The third-order valence-corrected chi connectivity index (χ3v) is 6.02. The van der Waals surface area contributed by atoms with Crippen LogP contribution in [0.5, 0.6) is 0 Å². The van der Waals surface area contributed by atoms with E-state index in [2.05, 4.69) is 29.4 Å². The molecule has 0 aromatic heterocycles. The smallest absolute Gasteiger partial charge is 0.251 e. The zero-order valence-corrected chi connectivity index (χ0v) is 15.1. The second-order valence-electron chi connectivity index (χ2n) is 6.66. The van der Waals surface area contributed by atoms with Crippen LogP contribution in [-0.2, 0) is 4.79 Å². The van der Waals surface area contributed by atoms with Crippen LogP contribution in [0, 0.1) is 0 Å². The monoisotopic (exact) mass is 347 g/mol. The number of anilines is 1. The van der Waals surface area contributed by atoms with Crippen molar-refractivity contribution < 1.29 is 9.59 Å². The number of carbonyl (C=O) groups excluding carboxylic acids is 2. The van der Waals surface area contributed by atoms with Gasteiger partial charge in [0.1, 0.15) is 0 Å². The molecule has 2 aliphatic rings. The maximum absolute atomic E-state index is 12.3. The van der Waals surface area contributed by atoms with Gasteiger partial charge in [0, 0.05) is 40.9 Å². The number of nitrogens with zero attached hydrogens (tertiary/aromatic N) is 1. The Morgan fingerprint density at radius 1 is 1.29 bits per heavy atom. The van der Waals surface area contributed by atoms with Gasteiger partial charge in [0.05, 0.1) is 6.54 Å². The molecule has 3 rings (SSSR count). The van der Waals surface area contributed by atoms with E-state index in [1.165, 1.54) is 0 Å². The van der Waals surface area contributed by atoms with E-state index < -0.39 is 0 Å². The number of nitrogens with one attached hydrogen (secondary N) is 2. The molecule has 2 atom stereocenters. The lowest BCUT2D eigenvalue weighted by molar-refractivity contribution is -0.117. The Kier molecular flexibility index (Phi) is 5.46. The summed E-state index contributed by atoms with van der Waals surface area (Å²) in [6, 6.07) is 7.87. The standard InChI is InChI=1S/C18H25N3O2S/c1-12-13(2)24-9-8-21(12)11-17(22)19-16-5-3-4-14(10-16)18(23)20-15-6-7-15/h3-5,10,12-13,15H,6-9,11H2,1-2H3,(H,19,22)(H,20,23). The van der Waals surface area contributed by atoms with Crippen LogP contribution >= 0.6 is 11.8 Å². The van der Waals surface area contributed by atoms with Crippen LogP contribution in [0.3, 0.4) is 0 Å². The zero-order valence-electron chi connectivity index (χ0n) is 14.2. The van der Waals surface area contributed by atoms with Gasteiger partial charge in [-0.3, -0.25) is 14.5 Å². The van der Waals surface area contributed by atoms with Gasteiger partial charge in [0.25, 0.3) is 5.91 Å². The van der Waals surface area contributed by atoms with E-state index in [9.17, 15) is 9.59 Å². The molecule has 0 radical (unpaired) electrons. The first-order chi connectivity index (χ1) is 11.5. The predicted octanol–water partition coefficient (Wildman–Crippen LogP) is 2.34. The Balaban J connectivity index is 1.56. The van der Waals surface area contributed by atoms with Crippen molar-refractivity contribution in [2.45, 2.75) is 44.0 Å². The second kappa shape index (κ2) is 7.57. The molecule has 2 N–H and O–H groups in total. The van der Waals surface area contributed by atoms with E-state index >= 15 is 0 Å². The van der Waals surface area contributed by atoms with Crippen molar-refractivity contribution in [3.05, 3.63) is 29.8 Å².